The van der Waals surface area contributed by atoms with Crippen LogP contribution < -0.4 is 5.32 Å². The highest BCUT2D eigenvalue weighted by atomic mass is 16.5. The van der Waals surface area contributed by atoms with Gasteiger partial charge in [0.15, 0.2) is 0 Å². The molecule has 0 radical (unpaired) electrons. The molecule has 4 nitrogen and oxygen atoms in total. The smallest absolute Gasteiger partial charge is 0.338 e. The summed E-state index contributed by atoms with van der Waals surface area (Å²) in [6.07, 6.45) is 0.838. The van der Waals surface area contributed by atoms with Crippen molar-refractivity contribution in [2.75, 3.05) is 32.6 Å². The fourth-order valence-corrected chi connectivity index (χ4v) is 1.48. The molecule has 20 heavy (non-hydrogen) atoms. The van der Waals surface area contributed by atoms with E-state index in [0.717, 1.165) is 18.7 Å². The fourth-order valence-electron chi connectivity index (χ4n) is 1.48. The minimum atomic E-state index is -0.257. The first-order valence-corrected chi connectivity index (χ1v) is 7.05. The van der Waals surface area contributed by atoms with Crippen molar-refractivity contribution in [1.29, 1.82) is 0 Å². The van der Waals surface area contributed by atoms with Gasteiger partial charge in [0.1, 0.15) is 0 Å². The van der Waals surface area contributed by atoms with Crippen LogP contribution in [0.2, 0.25) is 0 Å². The van der Waals surface area contributed by atoms with Crippen molar-refractivity contribution in [3.05, 3.63) is 29.8 Å². The average Bonchev–Trinajstić information content (AvgIpc) is 2.43. The van der Waals surface area contributed by atoms with Crippen molar-refractivity contribution in [2.24, 2.45) is 0 Å². The van der Waals surface area contributed by atoms with E-state index in [2.05, 4.69) is 38.2 Å². The van der Waals surface area contributed by atoms with Crippen molar-refractivity contribution >= 4 is 11.7 Å². The Morgan fingerprint density at radius 3 is 2.35 bits per heavy atom. The molecule has 1 aromatic rings. The van der Waals surface area contributed by atoms with E-state index in [1.807, 2.05) is 19.1 Å². The molecule has 0 aliphatic carbocycles. The molecule has 0 aliphatic rings. The number of likely N-dealkylation sites (N-methyl/N-ethyl adjacent to an activating group) is 1. The Morgan fingerprint density at radius 2 is 1.85 bits per heavy atom. The molecule has 0 unspecified atom stereocenters. The minimum absolute atomic E-state index is 0.0682. The van der Waals surface area contributed by atoms with Crippen LogP contribution >= 0.6 is 0 Å². The average molecular weight is 278 g/mol. The summed E-state index contributed by atoms with van der Waals surface area (Å²) in [5, 5.41) is 3.38. The number of benzene rings is 1. The first-order chi connectivity index (χ1) is 9.36. The summed E-state index contributed by atoms with van der Waals surface area (Å²) in [5.74, 6) is -0.257. The van der Waals surface area contributed by atoms with E-state index in [9.17, 15) is 4.79 Å². The highest BCUT2D eigenvalue weighted by Crippen LogP contribution is 2.14. The van der Waals surface area contributed by atoms with Gasteiger partial charge in [-0.25, -0.2) is 4.79 Å². The first-order valence-electron chi connectivity index (χ1n) is 7.05. The predicted molar refractivity (Wildman–Crippen MR) is 83.3 cm³/mol. The van der Waals surface area contributed by atoms with E-state index >= 15 is 0 Å². The molecule has 0 saturated heterocycles. The number of carbonyl (C=O) groups is 1. The summed E-state index contributed by atoms with van der Waals surface area (Å²) in [7, 11) is 4.13. The molecule has 0 saturated carbocycles. The lowest BCUT2D eigenvalue weighted by molar-refractivity contribution is 0.0505. The second kappa shape index (κ2) is 7.29. The molecule has 0 fully saturated rings. The molecular formula is C16H26N2O2. The number of nitrogens with one attached hydrogen (secondary N) is 1. The SMILES string of the molecule is CCCOC(=O)c1ccc(NCC(C)(C)N(C)C)cc1. The van der Waals surface area contributed by atoms with Gasteiger partial charge in [-0.15, -0.1) is 0 Å². The third-order valence-electron chi connectivity index (χ3n) is 3.49. The molecular weight excluding hydrogens is 252 g/mol. The van der Waals surface area contributed by atoms with Gasteiger partial charge >= 0.3 is 5.97 Å². The van der Waals surface area contributed by atoms with E-state index in [0.29, 0.717) is 12.2 Å². The number of anilines is 1. The number of esters is 1. The van der Waals surface area contributed by atoms with Crippen LogP contribution in [0.15, 0.2) is 24.3 Å². The van der Waals surface area contributed by atoms with Gasteiger partial charge in [0.2, 0.25) is 0 Å². The minimum Gasteiger partial charge on any atom is -0.462 e. The van der Waals surface area contributed by atoms with E-state index < -0.39 is 0 Å². The summed E-state index contributed by atoms with van der Waals surface area (Å²) in [4.78, 5) is 13.8. The van der Waals surface area contributed by atoms with Gasteiger partial charge in [-0.3, -0.25) is 0 Å². The highest BCUT2D eigenvalue weighted by molar-refractivity contribution is 5.89. The topological polar surface area (TPSA) is 41.6 Å². The van der Waals surface area contributed by atoms with Crippen molar-refractivity contribution in [3.63, 3.8) is 0 Å². The molecule has 0 aromatic heterocycles. The van der Waals surface area contributed by atoms with Crippen LogP contribution in [0.3, 0.4) is 0 Å². The van der Waals surface area contributed by atoms with Crippen LogP contribution in [0, 0.1) is 0 Å². The summed E-state index contributed by atoms with van der Waals surface area (Å²) < 4.78 is 5.10. The molecule has 112 valence electrons. The normalized spacial score (nSPS) is 11.5. The Balaban J connectivity index is 2.57. The van der Waals surface area contributed by atoms with E-state index in [-0.39, 0.29) is 11.5 Å². The molecule has 0 amide bonds. The van der Waals surface area contributed by atoms with Crippen LogP contribution in [-0.2, 0) is 4.74 Å². The highest BCUT2D eigenvalue weighted by Gasteiger charge is 2.19. The number of hydrogen-bond acceptors (Lipinski definition) is 4. The number of carbonyl (C=O) groups excluding carboxylic acids is 1. The molecule has 1 N–H and O–H groups in total. The number of rotatable bonds is 7. The van der Waals surface area contributed by atoms with Gasteiger partial charge in [-0.2, -0.15) is 0 Å². The molecule has 0 spiro atoms. The summed E-state index contributed by atoms with van der Waals surface area (Å²) in [6, 6.07) is 7.41. The molecule has 0 aliphatic heterocycles. The lowest BCUT2D eigenvalue weighted by atomic mass is 10.0. The van der Waals surface area contributed by atoms with Crippen LogP contribution in [0.4, 0.5) is 5.69 Å². The van der Waals surface area contributed by atoms with Crippen LogP contribution in [0.1, 0.15) is 37.6 Å². The van der Waals surface area contributed by atoms with Crippen LogP contribution in [0.25, 0.3) is 0 Å². The van der Waals surface area contributed by atoms with Gasteiger partial charge in [0, 0.05) is 17.8 Å². The summed E-state index contributed by atoms with van der Waals surface area (Å²) >= 11 is 0. The van der Waals surface area contributed by atoms with Crippen molar-refractivity contribution < 1.29 is 9.53 Å². The van der Waals surface area contributed by atoms with Gasteiger partial charge in [0.05, 0.1) is 12.2 Å². The zero-order chi connectivity index (χ0) is 15.2. The standard InChI is InChI=1S/C16H26N2O2/c1-6-11-20-15(19)13-7-9-14(10-8-13)17-12-16(2,3)18(4)5/h7-10,17H,6,11-12H2,1-5H3. The summed E-state index contributed by atoms with van der Waals surface area (Å²) in [6.45, 7) is 7.63. The number of hydrogen-bond donors (Lipinski definition) is 1. The van der Waals surface area contributed by atoms with Gasteiger partial charge < -0.3 is 15.0 Å². The summed E-state index contributed by atoms with van der Waals surface area (Å²) in [5.41, 5.74) is 1.67. The Bertz CT molecular complexity index is 425. The third-order valence-corrected chi connectivity index (χ3v) is 3.49. The van der Waals surface area contributed by atoms with Gasteiger partial charge in [-0.1, -0.05) is 6.92 Å². The molecule has 0 bridgehead atoms. The lowest BCUT2D eigenvalue weighted by Gasteiger charge is -2.33. The maximum absolute atomic E-state index is 11.7. The Hall–Kier alpha value is -1.55. The maximum atomic E-state index is 11.7. The van der Waals surface area contributed by atoms with Crippen LogP contribution in [-0.4, -0.2) is 43.7 Å². The van der Waals surface area contributed by atoms with Gasteiger partial charge in [0.25, 0.3) is 0 Å². The molecule has 1 rings (SSSR count). The monoisotopic (exact) mass is 278 g/mol. The van der Waals surface area contributed by atoms with E-state index in [1.54, 1.807) is 12.1 Å². The van der Waals surface area contributed by atoms with E-state index in [1.165, 1.54) is 0 Å². The third kappa shape index (κ3) is 4.85. The second-order valence-electron chi connectivity index (χ2n) is 5.77. The number of nitrogens with zero attached hydrogens (tertiary/aromatic N) is 1. The van der Waals surface area contributed by atoms with Crippen molar-refractivity contribution in [1.82, 2.24) is 4.90 Å². The first kappa shape index (κ1) is 16.5. The second-order valence-corrected chi connectivity index (χ2v) is 5.77. The predicted octanol–water partition coefficient (Wildman–Crippen LogP) is 3.01. The Morgan fingerprint density at radius 1 is 1.25 bits per heavy atom. The molecule has 4 heteroatoms. The molecule has 1 aromatic carbocycles. The van der Waals surface area contributed by atoms with Crippen molar-refractivity contribution in [2.45, 2.75) is 32.7 Å². The van der Waals surface area contributed by atoms with E-state index in [4.69, 9.17) is 4.74 Å². The largest absolute Gasteiger partial charge is 0.462 e. The Kier molecular flexibility index (Phi) is 6.02. The Labute approximate surface area is 122 Å². The quantitative estimate of drug-likeness (QED) is 0.779. The molecule has 0 heterocycles. The zero-order valence-corrected chi connectivity index (χ0v) is 13.2. The zero-order valence-electron chi connectivity index (χ0n) is 13.2. The lowest BCUT2D eigenvalue weighted by Crippen LogP contribution is -2.44. The molecule has 0 atom stereocenters. The number of ether oxygens (including phenoxy) is 1. The maximum Gasteiger partial charge on any atom is 0.338 e. The van der Waals surface area contributed by atoms with Gasteiger partial charge in [-0.05, 0) is 58.6 Å². The fraction of sp³-hybridized carbons (Fsp3) is 0.562. The van der Waals surface area contributed by atoms with Crippen LogP contribution in [0.5, 0.6) is 0 Å². The van der Waals surface area contributed by atoms with Crippen molar-refractivity contribution in [3.8, 4) is 0 Å².